The molecule has 2 rings (SSSR count). The number of ether oxygens (including phenoxy) is 1. The molecule has 0 aliphatic heterocycles. The SMILES string of the molecule is COC(CNC(=O)c1cc(-c2ccc(C)cc2)no1)C(=O)O. The van der Waals surface area contributed by atoms with Gasteiger partial charge in [-0.05, 0) is 6.92 Å². The summed E-state index contributed by atoms with van der Waals surface area (Å²) in [5, 5.41) is 15.1. The summed E-state index contributed by atoms with van der Waals surface area (Å²) < 4.78 is 9.71. The first-order valence-corrected chi connectivity index (χ1v) is 6.59. The third-order valence-electron chi connectivity index (χ3n) is 3.09. The number of aryl methyl sites for hydroxylation is 1. The lowest BCUT2D eigenvalue weighted by Gasteiger charge is -2.10. The maximum Gasteiger partial charge on any atom is 0.334 e. The molecule has 1 aromatic heterocycles. The molecule has 0 bridgehead atoms. The molecule has 0 aliphatic rings. The summed E-state index contributed by atoms with van der Waals surface area (Å²) in [6, 6.07) is 9.11. The first-order valence-electron chi connectivity index (χ1n) is 6.59. The van der Waals surface area contributed by atoms with Crippen LogP contribution in [0.3, 0.4) is 0 Å². The molecule has 0 spiro atoms. The van der Waals surface area contributed by atoms with Crippen LogP contribution in [0, 0.1) is 6.92 Å². The highest BCUT2D eigenvalue weighted by Crippen LogP contribution is 2.19. The van der Waals surface area contributed by atoms with Gasteiger partial charge in [0.25, 0.3) is 5.91 Å². The standard InChI is InChI=1S/C15H16N2O5/c1-9-3-5-10(6-4-9)11-7-12(22-17-11)14(18)16-8-13(21-2)15(19)20/h3-7,13H,8H2,1-2H3,(H,16,18)(H,19,20). The number of hydrogen-bond donors (Lipinski definition) is 2. The van der Waals surface area contributed by atoms with Gasteiger partial charge in [-0.1, -0.05) is 35.0 Å². The van der Waals surface area contributed by atoms with Gasteiger partial charge in [0.05, 0.1) is 6.54 Å². The van der Waals surface area contributed by atoms with Crippen LogP contribution in [0.5, 0.6) is 0 Å². The highest BCUT2D eigenvalue weighted by molar-refractivity contribution is 5.92. The average molecular weight is 304 g/mol. The summed E-state index contributed by atoms with van der Waals surface area (Å²) in [7, 11) is 1.26. The second kappa shape index (κ2) is 6.86. The molecule has 1 heterocycles. The van der Waals surface area contributed by atoms with Gasteiger partial charge >= 0.3 is 5.97 Å². The number of carboxylic acid groups (broad SMARTS) is 1. The fourth-order valence-corrected chi connectivity index (χ4v) is 1.79. The number of hydrogen-bond acceptors (Lipinski definition) is 5. The van der Waals surface area contributed by atoms with E-state index in [4.69, 9.17) is 14.4 Å². The fraction of sp³-hybridized carbons (Fsp3) is 0.267. The molecular weight excluding hydrogens is 288 g/mol. The molecule has 22 heavy (non-hydrogen) atoms. The summed E-state index contributed by atoms with van der Waals surface area (Å²) in [6.07, 6.45) is -1.11. The molecular formula is C15H16N2O5. The van der Waals surface area contributed by atoms with E-state index in [-0.39, 0.29) is 12.3 Å². The number of nitrogens with one attached hydrogen (secondary N) is 1. The number of carbonyl (C=O) groups is 2. The number of aliphatic carboxylic acids is 1. The Morgan fingerprint density at radius 1 is 1.36 bits per heavy atom. The zero-order chi connectivity index (χ0) is 16.1. The van der Waals surface area contributed by atoms with Gasteiger partial charge in [0.1, 0.15) is 5.69 Å². The van der Waals surface area contributed by atoms with Gasteiger partial charge in [-0.15, -0.1) is 0 Å². The van der Waals surface area contributed by atoms with Gasteiger partial charge in [-0.25, -0.2) is 4.79 Å². The van der Waals surface area contributed by atoms with E-state index in [1.54, 1.807) is 0 Å². The topological polar surface area (TPSA) is 102 Å². The van der Waals surface area contributed by atoms with E-state index < -0.39 is 18.0 Å². The minimum absolute atomic E-state index is 0.0100. The summed E-state index contributed by atoms with van der Waals surface area (Å²) in [5.41, 5.74) is 2.48. The van der Waals surface area contributed by atoms with E-state index >= 15 is 0 Å². The van der Waals surface area contributed by atoms with Crippen molar-refractivity contribution in [3.05, 3.63) is 41.7 Å². The molecule has 7 heteroatoms. The summed E-state index contributed by atoms with van der Waals surface area (Å²) in [5.74, 6) is -1.69. The van der Waals surface area contributed by atoms with Gasteiger partial charge in [0, 0.05) is 18.7 Å². The first kappa shape index (κ1) is 15.7. The van der Waals surface area contributed by atoms with Gasteiger partial charge in [0.2, 0.25) is 5.76 Å². The number of carbonyl (C=O) groups excluding carboxylic acids is 1. The molecule has 1 amide bonds. The molecule has 0 saturated carbocycles. The second-order valence-electron chi connectivity index (χ2n) is 4.72. The van der Waals surface area contributed by atoms with E-state index in [1.807, 2.05) is 31.2 Å². The van der Waals surface area contributed by atoms with Crippen LogP contribution in [-0.4, -0.2) is 41.9 Å². The van der Waals surface area contributed by atoms with E-state index in [2.05, 4.69) is 10.5 Å². The van der Waals surface area contributed by atoms with E-state index in [0.29, 0.717) is 5.69 Å². The van der Waals surface area contributed by atoms with Crippen molar-refractivity contribution < 1.29 is 24.0 Å². The third kappa shape index (κ3) is 3.70. The van der Waals surface area contributed by atoms with Crippen molar-refractivity contribution in [2.24, 2.45) is 0 Å². The van der Waals surface area contributed by atoms with Crippen LogP contribution in [0.1, 0.15) is 16.1 Å². The Hall–Kier alpha value is -2.67. The van der Waals surface area contributed by atoms with Crippen molar-refractivity contribution in [1.29, 1.82) is 0 Å². The molecule has 1 atom stereocenters. The lowest BCUT2D eigenvalue weighted by Crippen LogP contribution is -2.37. The Bertz CT molecular complexity index is 663. The number of amides is 1. The lowest BCUT2D eigenvalue weighted by molar-refractivity contribution is -0.148. The van der Waals surface area contributed by atoms with Crippen molar-refractivity contribution in [3.8, 4) is 11.3 Å². The van der Waals surface area contributed by atoms with Crippen molar-refractivity contribution in [2.45, 2.75) is 13.0 Å². The Kier molecular flexibility index (Phi) is 4.90. The molecule has 0 fully saturated rings. The maximum atomic E-state index is 11.9. The van der Waals surface area contributed by atoms with Crippen LogP contribution < -0.4 is 5.32 Å². The quantitative estimate of drug-likeness (QED) is 0.838. The Labute approximate surface area is 126 Å². The number of carboxylic acids is 1. The predicted octanol–water partition coefficient (Wildman–Crippen LogP) is 1.48. The molecule has 1 unspecified atom stereocenters. The zero-order valence-corrected chi connectivity index (χ0v) is 12.2. The van der Waals surface area contributed by atoms with Gasteiger partial charge in [0.15, 0.2) is 6.10 Å². The second-order valence-corrected chi connectivity index (χ2v) is 4.72. The molecule has 2 aromatic rings. The smallest absolute Gasteiger partial charge is 0.334 e. The van der Waals surface area contributed by atoms with Crippen LogP contribution >= 0.6 is 0 Å². The average Bonchev–Trinajstić information content (AvgIpc) is 2.98. The fourth-order valence-electron chi connectivity index (χ4n) is 1.79. The predicted molar refractivity (Wildman–Crippen MR) is 77.4 cm³/mol. The van der Waals surface area contributed by atoms with Crippen LogP contribution in [0.15, 0.2) is 34.9 Å². The van der Waals surface area contributed by atoms with Crippen LogP contribution in [0.4, 0.5) is 0 Å². The maximum absolute atomic E-state index is 11.9. The summed E-state index contributed by atoms with van der Waals surface area (Å²) in [6.45, 7) is 1.81. The van der Waals surface area contributed by atoms with E-state index in [9.17, 15) is 9.59 Å². The lowest BCUT2D eigenvalue weighted by atomic mass is 10.1. The summed E-state index contributed by atoms with van der Waals surface area (Å²) in [4.78, 5) is 22.7. The number of methoxy groups -OCH3 is 1. The van der Waals surface area contributed by atoms with E-state index in [1.165, 1.54) is 13.2 Å². The zero-order valence-electron chi connectivity index (χ0n) is 12.2. The number of nitrogens with zero attached hydrogens (tertiary/aromatic N) is 1. The highest BCUT2D eigenvalue weighted by Gasteiger charge is 2.19. The van der Waals surface area contributed by atoms with Crippen molar-refractivity contribution in [2.75, 3.05) is 13.7 Å². The Morgan fingerprint density at radius 2 is 2.05 bits per heavy atom. The largest absolute Gasteiger partial charge is 0.479 e. The molecule has 7 nitrogen and oxygen atoms in total. The molecule has 0 radical (unpaired) electrons. The number of aromatic nitrogens is 1. The monoisotopic (exact) mass is 304 g/mol. The third-order valence-corrected chi connectivity index (χ3v) is 3.09. The van der Waals surface area contributed by atoms with Crippen molar-refractivity contribution in [3.63, 3.8) is 0 Å². The molecule has 0 saturated heterocycles. The highest BCUT2D eigenvalue weighted by atomic mass is 16.5. The molecule has 116 valence electrons. The number of rotatable bonds is 6. The van der Waals surface area contributed by atoms with Gasteiger partial charge in [-0.2, -0.15) is 0 Å². The van der Waals surface area contributed by atoms with Gasteiger partial charge < -0.3 is 19.7 Å². The van der Waals surface area contributed by atoms with Crippen molar-refractivity contribution >= 4 is 11.9 Å². The number of benzene rings is 1. The Balaban J connectivity index is 2.03. The van der Waals surface area contributed by atoms with Crippen LogP contribution in [-0.2, 0) is 9.53 Å². The first-order chi connectivity index (χ1) is 10.5. The van der Waals surface area contributed by atoms with Crippen molar-refractivity contribution in [1.82, 2.24) is 10.5 Å². The molecule has 0 aliphatic carbocycles. The van der Waals surface area contributed by atoms with E-state index in [0.717, 1.165) is 11.1 Å². The van der Waals surface area contributed by atoms with Crippen LogP contribution in [0.2, 0.25) is 0 Å². The van der Waals surface area contributed by atoms with Gasteiger partial charge in [-0.3, -0.25) is 4.79 Å². The Morgan fingerprint density at radius 3 is 2.64 bits per heavy atom. The minimum Gasteiger partial charge on any atom is -0.479 e. The van der Waals surface area contributed by atoms with Crippen LogP contribution in [0.25, 0.3) is 11.3 Å². The normalized spacial score (nSPS) is 11.9. The molecule has 2 N–H and O–H groups in total. The summed E-state index contributed by atoms with van der Waals surface area (Å²) >= 11 is 0. The molecule has 1 aromatic carbocycles. The minimum atomic E-state index is -1.15.